The average molecular weight is 174 g/mol. The molecule has 0 radical (unpaired) electrons. The fraction of sp³-hybridized carbons (Fsp3) is 0.889. The molecule has 0 aromatic rings. The van der Waals surface area contributed by atoms with Gasteiger partial charge in [0.15, 0.2) is 6.29 Å². The van der Waals surface area contributed by atoms with E-state index in [1.807, 2.05) is 6.79 Å². The first-order chi connectivity index (χ1) is 5.93. The van der Waals surface area contributed by atoms with Crippen LogP contribution >= 0.6 is 0 Å². The summed E-state index contributed by atoms with van der Waals surface area (Å²) >= 11 is 0. The predicted molar refractivity (Wildman–Crippen MR) is 47.0 cm³/mol. The lowest BCUT2D eigenvalue weighted by Crippen LogP contribution is -2.06. The number of carbonyl (C=O) groups excluding carboxylic acids is 1. The minimum atomic E-state index is 0.117. The van der Waals surface area contributed by atoms with Gasteiger partial charge in [-0.2, -0.15) is 0 Å². The summed E-state index contributed by atoms with van der Waals surface area (Å²) in [5.41, 5.74) is 0. The van der Waals surface area contributed by atoms with Crippen LogP contribution in [0.1, 0.15) is 32.6 Å². The van der Waals surface area contributed by atoms with Crippen molar-refractivity contribution in [2.75, 3.05) is 13.2 Å². The first kappa shape index (κ1) is 11.6. The molecule has 0 amide bonds. The van der Waals surface area contributed by atoms with E-state index in [-0.39, 0.29) is 6.29 Å². The molecule has 1 saturated heterocycles. The van der Waals surface area contributed by atoms with Crippen LogP contribution in [0.15, 0.2) is 0 Å². The highest BCUT2D eigenvalue weighted by atomic mass is 16.7. The van der Waals surface area contributed by atoms with Gasteiger partial charge >= 0.3 is 0 Å². The van der Waals surface area contributed by atoms with Crippen LogP contribution in [0.4, 0.5) is 0 Å². The van der Waals surface area contributed by atoms with E-state index < -0.39 is 0 Å². The van der Waals surface area contributed by atoms with Gasteiger partial charge in [-0.05, 0) is 12.8 Å². The molecular weight excluding hydrogens is 156 g/mol. The van der Waals surface area contributed by atoms with Crippen LogP contribution in [0.25, 0.3) is 0 Å². The Balaban J connectivity index is 0.000000561. The quantitative estimate of drug-likeness (QED) is 0.609. The van der Waals surface area contributed by atoms with E-state index >= 15 is 0 Å². The van der Waals surface area contributed by atoms with Gasteiger partial charge in [0.1, 0.15) is 6.79 Å². The van der Waals surface area contributed by atoms with Gasteiger partial charge in [-0.3, -0.25) is 0 Å². The molecular formula is C9H18O3. The monoisotopic (exact) mass is 174 g/mol. The van der Waals surface area contributed by atoms with Crippen molar-refractivity contribution in [1.82, 2.24) is 0 Å². The van der Waals surface area contributed by atoms with Crippen LogP contribution in [-0.2, 0) is 14.3 Å². The second-order valence-electron chi connectivity index (χ2n) is 2.67. The highest BCUT2D eigenvalue weighted by Gasteiger charge is 2.14. The molecule has 0 aromatic carbocycles. The third-order valence-corrected chi connectivity index (χ3v) is 1.73. The molecule has 1 rings (SSSR count). The minimum Gasteiger partial charge on any atom is -0.350 e. The van der Waals surface area contributed by atoms with Crippen molar-refractivity contribution in [3.8, 4) is 0 Å². The summed E-state index contributed by atoms with van der Waals surface area (Å²) in [5, 5.41) is 0. The van der Waals surface area contributed by atoms with E-state index in [0.29, 0.717) is 0 Å². The van der Waals surface area contributed by atoms with E-state index in [4.69, 9.17) is 14.3 Å². The summed E-state index contributed by atoms with van der Waals surface area (Å²) in [4.78, 5) is 8.00. The minimum absolute atomic E-state index is 0.117. The Morgan fingerprint density at radius 2 is 1.83 bits per heavy atom. The van der Waals surface area contributed by atoms with Crippen molar-refractivity contribution in [3.63, 3.8) is 0 Å². The van der Waals surface area contributed by atoms with Crippen molar-refractivity contribution in [1.29, 1.82) is 0 Å². The Morgan fingerprint density at radius 1 is 1.25 bits per heavy atom. The first-order valence-corrected chi connectivity index (χ1v) is 4.45. The Hall–Kier alpha value is -0.410. The number of carbonyl (C=O) groups is 1. The van der Waals surface area contributed by atoms with Crippen LogP contribution in [0.3, 0.4) is 0 Å². The van der Waals surface area contributed by atoms with E-state index in [9.17, 15) is 0 Å². The summed E-state index contributed by atoms with van der Waals surface area (Å²) in [6.07, 6.45) is 5.00. The van der Waals surface area contributed by atoms with Gasteiger partial charge in [-0.15, -0.1) is 0 Å². The maximum atomic E-state index is 8.00. The maximum absolute atomic E-state index is 8.00. The maximum Gasteiger partial charge on any atom is 0.157 e. The molecule has 0 aromatic heterocycles. The zero-order valence-electron chi connectivity index (χ0n) is 7.75. The first-order valence-electron chi connectivity index (χ1n) is 4.45. The lowest BCUT2D eigenvalue weighted by Gasteiger charge is -2.06. The number of ether oxygens (including phenoxy) is 2. The molecule has 1 fully saturated rings. The zero-order valence-corrected chi connectivity index (χ0v) is 7.75. The molecule has 3 nitrogen and oxygen atoms in total. The van der Waals surface area contributed by atoms with E-state index in [1.165, 1.54) is 19.3 Å². The fourth-order valence-corrected chi connectivity index (χ4v) is 1.13. The molecule has 0 atom stereocenters. The van der Waals surface area contributed by atoms with Gasteiger partial charge in [0.2, 0.25) is 0 Å². The lowest BCUT2D eigenvalue weighted by molar-refractivity contribution is -0.0979. The number of unbranched alkanes of at least 4 members (excludes halogenated alkanes) is 2. The van der Waals surface area contributed by atoms with Crippen LogP contribution in [-0.4, -0.2) is 26.3 Å². The molecule has 0 saturated carbocycles. The summed E-state index contributed by atoms with van der Waals surface area (Å²) in [7, 11) is 0. The van der Waals surface area contributed by atoms with Crippen molar-refractivity contribution in [3.05, 3.63) is 0 Å². The Kier molecular flexibility index (Phi) is 8.39. The summed E-state index contributed by atoms with van der Waals surface area (Å²) in [6.45, 7) is 5.78. The van der Waals surface area contributed by atoms with Crippen molar-refractivity contribution >= 4 is 6.79 Å². The smallest absolute Gasteiger partial charge is 0.157 e. The third-order valence-electron chi connectivity index (χ3n) is 1.73. The van der Waals surface area contributed by atoms with Crippen LogP contribution in [0, 0.1) is 0 Å². The number of hydrogen-bond acceptors (Lipinski definition) is 3. The number of hydrogen-bond donors (Lipinski definition) is 0. The molecule has 1 heterocycles. The van der Waals surface area contributed by atoms with Gasteiger partial charge in [-0.25, -0.2) is 0 Å². The second-order valence-corrected chi connectivity index (χ2v) is 2.67. The average Bonchev–Trinajstić information content (AvgIpc) is 2.61. The highest BCUT2D eigenvalue weighted by molar-refractivity contribution is 5.10. The molecule has 1 aliphatic heterocycles. The Bertz CT molecular complexity index is 89.8. The van der Waals surface area contributed by atoms with E-state index in [1.54, 1.807) is 0 Å². The topological polar surface area (TPSA) is 35.5 Å². The number of rotatable bonds is 4. The van der Waals surface area contributed by atoms with E-state index in [2.05, 4.69) is 6.92 Å². The fourth-order valence-electron chi connectivity index (χ4n) is 1.13. The standard InChI is InChI=1S/C8H16O2.CH2O/c1-2-3-4-5-8-9-6-7-10-8;1-2/h8H,2-7H2,1H3;1H2. The molecule has 3 heteroatoms. The summed E-state index contributed by atoms with van der Waals surface area (Å²) < 4.78 is 10.6. The van der Waals surface area contributed by atoms with Gasteiger partial charge in [0, 0.05) is 0 Å². The van der Waals surface area contributed by atoms with Gasteiger partial charge in [0.25, 0.3) is 0 Å². The van der Waals surface area contributed by atoms with Crippen LogP contribution < -0.4 is 0 Å². The SMILES string of the molecule is C=O.CCCCCC1OCCO1. The zero-order chi connectivity index (χ0) is 9.23. The van der Waals surface area contributed by atoms with Crippen molar-refractivity contribution in [2.45, 2.75) is 38.9 Å². The van der Waals surface area contributed by atoms with Gasteiger partial charge in [0.05, 0.1) is 13.2 Å². The van der Waals surface area contributed by atoms with E-state index in [0.717, 1.165) is 19.6 Å². The van der Waals surface area contributed by atoms with Crippen LogP contribution in [0.2, 0.25) is 0 Å². The lowest BCUT2D eigenvalue weighted by atomic mass is 10.2. The Labute approximate surface area is 74.0 Å². The van der Waals surface area contributed by atoms with Crippen molar-refractivity contribution < 1.29 is 14.3 Å². The summed E-state index contributed by atoms with van der Waals surface area (Å²) in [5.74, 6) is 0. The second kappa shape index (κ2) is 8.68. The summed E-state index contributed by atoms with van der Waals surface area (Å²) in [6, 6.07) is 0. The molecule has 1 aliphatic rings. The van der Waals surface area contributed by atoms with Gasteiger partial charge in [-0.1, -0.05) is 19.8 Å². The normalized spacial score (nSPS) is 17.1. The molecule has 0 aliphatic carbocycles. The largest absolute Gasteiger partial charge is 0.350 e. The molecule has 0 spiro atoms. The molecule has 12 heavy (non-hydrogen) atoms. The molecule has 0 unspecified atom stereocenters. The van der Waals surface area contributed by atoms with Gasteiger partial charge < -0.3 is 14.3 Å². The molecule has 72 valence electrons. The third kappa shape index (κ3) is 5.27. The molecule has 0 N–H and O–H groups in total. The van der Waals surface area contributed by atoms with Crippen LogP contribution in [0.5, 0.6) is 0 Å². The highest BCUT2D eigenvalue weighted by Crippen LogP contribution is 2.11. The Morgan fingerprint density at radius 3 is 2.33 bits per heavy atom. The predicted octanol–water partition coefficient (Wildman–Crippen LogP) is 1.75. The molecule has 0 bridgehead atoms. The van der Waals surface area contributed by atoms with Crippen molar-refractivity contribution in [2.24, 2.45) is 0 Å².